The van der Waals surface area contributed by atoms with Gasteiger partial charge in [0.1, 0.15) is 0 Å². The van der Waals surface area contributed by atoms with E-state index >= 15 is 0 Å². The second kappa shape index (κ2) is 7.62. The molecule has 4 heteroatoms. The molecule has 25 heavy (non-hydrogen) atoms. The number of pyridine rings is 1. The largest absolute Gasteiger partial charge is 0.618 e. The van der Waals surface area contributed by atoms with E-state index in [0.717, 1.165) is 11.1 Å². The summed E-state index contributed by atoms with van der Waals surface area (Å²) in [5.41, 5.74) is 2.32. The first kappa shape index (κ1) is 16.7. The van der Waals surface area contributed by atoms with Crippen molar-refractivity contribution in [3.8, 4) is 0 Å². The Labute approximate surface area is 147 Å². The van der Waals surface area contributed by atoms with Gasteiger partial charge in [0.15, 0.2) is 6.20 Å². The summed E-state index contributed by atoms with van der Waals surface area (Å²) in [6.07, 6.45) is 1.32. The number of carbonyl (C=O) groups excluding carboxylic acids is 1. The van der Waals surface area contributed by atoms with Crippen LogP contribution in [0.2, 0.25) is 0 Å². The number of nitrogens with one attached hydrogen (secondary N) is 1. The lowest BCUT2D eigenvalue weighted by molar-refractivity contribution is -0.607. The van der Waals surface area contributed by atoms with Crippen LogP contribution >= 0.6 is 0 Å². The third-order valence-electron chi connectivity index (χ3n) is 4.23. The van der Waals surface area contributed by atoms with Crippen LogP contribution in [-0.2, 0) is 0 Å². The van der Waals surface area contributed by atoms with Gasteiger partial charge in [-0.2, -0.15) is 4.73 Å². The van der Waals surface area contributed by atoms with Crippen molar-refractivity contribution in [3.63, 3.8) is 0 Å². The van der Waals surface area contributed by atoms with Crippen LogP contribution in [0.15, 0.2) is 85.1 Å². The summed E-state index contributed by atoms with van der Waals surface area (Å²) in [7, 11) is 0. The van der Waals surface area contributed by atoms with E-state index in [1.807, 2.05) is 43.3 Å². The van der Waals surface area contributed by atoms with E-state index < -0.39 is 0 Å². The first-order valence-corrected chi connectivity index (χ1v) is 8.26. The van der Waals surface area contributed by atoms with Gasteiger partial charge < -0.3 is 10.5 Å². The maximum absolute atomic E-state index is 12.5. The van der Waals surface area contributed by atoms with Gasteiger partial charge in [0.2, 0.25) is 0 Å². The van der Waals surface area contributed by atoms with E-state index in [0.29, 0.717) is 4.73 Å². The highest BCUT2D eigenvalue weighted by atomic mass is 16.5. The summed E-state index contributed by atoms with van der Waals surface area (Å²) in [6, 6.07) is 24.7. The highest BCUT2D eigenvalue weighted by Gasteiger charge is 2.25. The summed E-state index contributed by atoms with van der Waals surface area (Å²) in [4.78, 5) is 12.5. The van der Waals surface area contributed by atoms with E-state index in [2.05, 4.69) is 29.6 Å². The van der Waals surface area contributed by atoms with Crippen molar-refractivity contribution < 1.29 is 9.52 Å². The molecule has 4 nitrogen and oxygen atoms in total. The van der Waals surface area contributed by atoms with Gasteiger partial charge in [-0.25, -0.2) is 0 Å². The zero-order valence-corrected chi connectivity index (χ0v) is 14.0. The Morgan fingerprint density at radius 2 is 1.40 bits per heavy atom. The minimum absolute atomic E-state index is 0.00448. The van der Waals surface area contributed by atoms with Crippen LogP contribution in [0.1, 0.15) is 34.5 Å². The molecule has 1 heterocycles. The van der Waals surface area contributed by atoms with Crippen LogP contribution in [0.25, 0.3) is 0 Å². The molecule has 0 aliphatic rings. The minimum atomic E-state index is -0.375. The molecular weight excluding hydrogens is 312 g/mol. The third kappa shape index (κ3) is 3.86. The smallest absolute Gasteiger partial charge is 0.317 e. The van der Waals surface area contributed by atoms with Gasteiger partial charge in [0.25, 0.3) is 5.69 Å². The lowest BCUT2D eigenvalue weighted by atomic mass is 9.86. The number of rotatable bonds is 5. The molecule has 1 aromatic heterocycles. The van der Waals surface area contributed by atoms with Gasteiger partial charge in [-0.15, -0.1) is 0 Å². The van der Waals surface area contributed by atoms with Gasteiger partial charge in [0.05, 0.1) is 0 Å². The fraction of sp³-hybridized carbons (Fsp3) is 0.143. The molecule has 0 saturated heterocycles. The number of amides is 1. The second-order valence-electron chi connectivity index (χ2n) is 5.97. The van der Waals surface area contributed by atoms with E-state index in [1.54, 1.807) is 12.1 Å². The Bertz CT molecular complexity index is 795. The van der Waals surface area contributed by atoms with Crippen molar-refractivity contribution in [2.75, 3.05) is 0 Å². The number of hydrogen-bond donors (Lipinski definition) is 1. The Morgan fingerprint density at radius 3 is 1.92 bits per heavy atom. The van der Waals surface area contributed by atoms with E-state index in [4.69, 9.17) is 0 Å². The highest BCUT2D eigenvalue weighted by molar-refractivity contribution is 5.91. The zero-order valence-electron chi connectivity index (χ0n) is 14.0. The number of aromatic nitrogens is 1. The first-order valence-electron chi connectivity index (χ1n) is 8.26. The molecule has 0 aliphatic heterocycles. The Balaban J connectivity index is 1.89. The number of hydrogen-bond acceptors (Lipinski definition) is 2. The summed E-state index contributed by atoms with van der Waals surface area (Å²) < 4.78 is 0.585. The van der Waals surface area contributed by atoms with Crippen molar-refractivity contribution in [3.05, 3.63) is 107 Å². The lowest BCUT2D eigenvalue weighted by Gasteiger charge is -2.25. The van der Waals surface area contributed by atoms with Gasteiger partial charge >= 0.3 is 5.91 Å². The molecule has 3 aromatic rings. The minimum Gasteiger partial charge on any atom is -0.618 e. The normalized spacial score (nSPS) is 11.9. The maximum Gasteiger partial charge on any atom is 0.317 e. The van der Waals surface area contributed by atoms with Crippen molar-refractivity contribution >= 4 is 5.91 Å². The van der Waals surface area contributed by atoms with Gasteiger partial charge in [-0.05, 0) is 24.1 Å². The first-order chi connectivity index (χ1) is 12.2. The molecule has 0 aliphatic carbocycles. The third-order valence-corrected chi connectivity index (χ3v) is 4.23. The second-order valence-corrected chi connectivity index (χ2v) is 5.97. The summed E-state index contributed by atoms with van der Waals surface area (Å²) in [5.74, 6) is -0.380. The Kier molecular flexibility index (Phi) is 5.09. The van der Waals surface area contributed by atoms with Gasteiger partial charge in [-0.3, -0.25) is 4.79 Å². The van der Waals surface area contributed by atoms with E-state index in [-0.39, 0.29) is 23.6 Å². The topological polar surface area (TPSA) is 56.0 Å². The van der Waals surface area contributed by atoms with Crippen LogP contribution in [-0.4, -0.2) is 11.9 Å². The predicted octanol–water partition coefficient (Wildman–Crippen LogP) is 3.27. The summed E-state index contributed by atoms with van der Waals surface area (Å²) >= 11 is 0. The molecule has 0 radical (unpaired) electrons. The van der Waals surface area contributed by atoms with Crippen molar-refractivity contribution in [1.29, 1.82) is 0 Å². The van der Waals surface area contributed by atoms with Crippen LogP contribution in [0, 0.1) is 5.21 Å². The van der Waals surface area contributed by atoms with E-state index in [1.165, 1.54) is 12.3 Å². The monoisotopic (exact) mass is 332 g/mol. The van der Waals surface area contributed by atoms with Crippen LogP contribution in [0.3, 0.4) is 0 Å². The molecule has 1 N–H and O–H groups in total. The van der Waals surface area contributed by atoms with Crippen LogP contribution < -0.4 is 10.0 Å². The molecule has 1 amide bonds. The molecule has 3 rings (SSSR count). The Hall–Kier alpha value is -3.14. The number of carbonyl (C=O) groups is 1. The number of nitrogens with zero attached hydrogens (tertiary/aromatic N) is 1. The van der Waals surface area contributed by atoms with Crippen molar-refractivity contribution in [2.45, 2.75) is 18.9 Å². The molecule has 0 saturated carbocycles. The molecule has 0 spiro atoms. The molecule has 1 atom stereocenters. The zero-order chi connectivity index (χ0) is 17.6. The van der Waals surface area contributed by atoms with Crippen LogP contribution in [0.5, 0.6) is 0 Å². The van der Waals surface area contributed by atoms with Gasteiger partial charge in [-0.1, -0.05) is 60.7 Å². The Morgan fingerprint density at radius 1 is 0.880 bits per heavy atom. The molecule has 0 unspecified atom stereocenters. The summed E-state index contributed by atoms with van der Waals surface area (Å²) in [6.45, 7) is 1.96. The average Bonchev–Trinajstić information content (AvgIpc) is 2.64. The van der Waals surface area contributed by atoms with E-state index in [9.17, 15) is 10.0 Å². The lowest BCUT2D eigenvalue weighted by Crippen LogP contribution is -2.44. The maximum atomic E-state index is 12.5. The fourth-order valence-electron chi connectivity index (χ4n) is 3.06. The standard InChI is InChI=1S/C21H20N2O2/c1-16(22-21(24)19-14-8-9-15-23(19)25)20(17-10-4-2-5-11-17)18-12-6-3-7-13-18/h2-16,20H,1H3,(H,22,24)/t16-/m1/s1. The molecule has 2 aromatic carbocycles. The summed E-state index contributed by atoms with van der Waals surface area (Å²) in [5, 5.41) is 14.8. The van der Waals surface area contributed by atoms with Crippen LogP contribution in [0.4, 0.5) is 0 Å². The number of benzene rings is 2. The van der Waals surface area contributed by atoms with Crippen molar-refractivity contribution in [1.82, 2.24) is 5.32 Å². The molecule has 0 bridgehead atoms. The average molecular weight is 332 g/mol. The molecule has 0 fully saturated rings. The quantitative estimate of drug-likeness (QED) is 0.576. The highest BCUT2D eigenvalue weighted by Crippen LogP contribution is 2.28. The molecular formula is C21H20N2O2. The fourth-order valence-corrected chi connectivity index (χ4v) is 3.06. The predicted molar refractivity (Wildman–Crippen MR) is 97.1 cm³/mol. The van der Waals surface area contributed by atoms with Crippen molar-refractivity contribution in [2.24, 2.45) is 0 Å². The SMILES string of the molecule is C[C@@H](NC(=O)c1cccc[n+]1[O-])C(c1ccccc1)c1ccccc1. The van der Waals surface area contributed by atoms with Gasteiger partial charge in [0, 0.05) is 24.1 Å². The molecule has 126 valence electrons.